The molecular weight excluding hydrogens is 409 g/mol. The molecule has 0 aliphatic carbocycles. The molecule has 7 nitrogen and oxygen atoms in total. The number of terminal acetylenes is 1. The fraction of sp³-hybridized carbons (Fsp3) is 0.292. The van der Waals surface area contributed by atoms with Gasteiger partial charge in [0.05, 0.1) is 16.7 Å². The van der Waals surface area contributed by atoms with Gasteiger partial charge in [-0.1, -0.05) is 18.9 Å². The maximum Gasteiger partial charge on any atom is 0.280 e. The van der Waals surface area contributed by atoms with Crippen LogP contribution in [0.3, 0.4) is 0 Å². The molecule has 1 N–H and O–H groups in total. The molecule has 8 heteroatoms. The van der Waals surface area contributed by atoms with Crippen LogP contribution in [0.4, 0.5) is 4.39 Å². The predicted molar refractivity (Wildman–Crippen MR) is 120 cm³/mol. The Morgan fingerprint density at radius 3 is 2.56 bits per heavy atom. The van der Waals surface area contributed by atoms with Gasteiger partial charge >= 0.3 is 0 Å². The monoisotopic (exact) mass is 433 g/mol. The molecule has 164 valence electrons. The number of H-pyrrole nitrogens is 1. The molecule has 0 atom stereocenters. The molecule has 0 radical (unpaired) electrons. The molecule has 3 heterocycles. The molecule has 0 unspecified atom stereocenters. The fourth-order valence-electron chi connectivity index (χ4n) is 3.92. The standard InChI is InChI=1S/C24H24FN5O2/c1-4-17-6-8-19(16(3)22(17)25)20-15-27-30(24(20)32)21-9-7-18(14-26-21)23(31)29-12-10-28(5-2)11-13-29/h1,6-9,14-15,27H,5,10-13H2,2-3H3. The largest absolute Gasteiger partial charge is 0.336 e. The van der Waals surface area contributed by atoms with Crippen LogP contribution >= 0.6 is 0 Å². The second kappa shape index (κ2) is 8.81. The van der Waals surface area contributed by atoms with Crippen LogP contribution in [0.15, 0.2) is 41.5 Å². The smallest absolute Gasteiger partial charge is 0.280 e. The summed E-state index contributed by atoms with van der Waals surface area (Å²) in [5.41, 5.74) is 1.32. The highest BCUT2D eigenvalue weighted by Gasteiger charge is 2.22. The van der Waals surface area contributed by atoms with E-state index in [4.69, 9.17) is 6.42 Å². The van der Waals surface area contributed by atoms with Gasteiger partial charge in [-0.15, -0.1) is 6.42 Å². The highest BCUT2D eigenvalue weighted by atomic mass is 19.1. The lowest BCUT2D eigenvalue weighted by Crippen LogP contribution is -2.48. The summed E-state index contributed by atoms with van der Waals surface area (Å²) in [7, 11) is 0. The lowest BCUT2D eigenvalue weighted by molar-refractivity contribution is 0.0643. The van der Waals surface area contributed by atoms with E-state index < -0.39 is 5.82 Å². The third kappa shape index (κ3) is 3.83. The molecule has 32 heavy (non-hydrogen) atoms. The Hall–Kier alpha value is -3.70. The number of pyridine rings is 1. The second-order valence-corrected chi connectivity index (χ2v) is 7.70. The van der Waals surface area contributed by atoms with Crippen LogP contribution in [0.25, 0.3) is 16.9 Å². The van der Waals surface area contributed by atoms with E-state index in [2.05, 4.69) is 27.8 Å². The topological polar surface area (TPSA) is 74.2 Å². The number of carbonyl (C=O) groups is 1. The molecule has 0 bridgehead atoms. The molecule has 1 aromatic carbocycles. The van der Waals surface area contributed by atoms with Crippen LogP contribution < -0.4 is 5.56 Å². The van der Waals surface area contributed by atoms with Crippen molar-refractivity contribution in [2.45, 2.75) is 13.8 Å². The van der Waals surface area contributed by atoms with Crippen LogP contribution in [0.5, 0.6) is 0 Å². The van der Waals surface area contributed by atoms with Gasteiger partial charge in [0.1, 0.15) is 5.82 Å². The number of benzene rings is 1. The molecule has 1 saturated heterocycles. The SMILES string of the molecule is C#Cc1ccc(-c2c[nH]n(-c3ccc(C(=O)N4CCN(CC)CC4)cn3)c2=O)c(C)c1F. The molecule has 0 spiro atoms. The third-order valence-corrected chi connectivity index (χ3v) is 5.93. The minimum Gasteiger partial charge on any atom is -0.336 e. The van der Waals surface area contributed by atoms with Crippen molar-refractivity contribution in [3.8, 4) is 29.3 Å². The highest BCUT2D eigenvalue weighted by Crippen LogP contribution is 2.24. The summed E-state index contributed by atoms with van der Waals surface area (Å²) in [4.78, 5) is 34.1. The zero-order valence-corrected chi connectivity index (χ0v) is 18.1. The molecule has 3 aromatic rings. The second-order valence-electron chi connectivity index (χ2n) is 7.70. The van der Waals surface area contributed by atoms with E-state index in [1.807, 2.05) is 4.90 Å². The van der Waals surface area contributed by atoms with Gasteiger partial charge in [0.25, 0.3) is 11.5 Å². The molecule has 1 fully saturated rings. The number of aromatic nitrogens is 3. The summed E-state index contributed by atoms with van der Waals surface area (Å²) >= 11 is 0. The van der Waals surface area contributed by atoms with Gasteiger partial charge in [-0.25, -0.2) is 14.1 Å². The molecule has 1 aliphatic rings. The molecule has 1 aliphatic heterocycles. The first-order valence-corrected chi connectivity index (χ1v) is 10.5. The van der Waals surface area contributed by atoms with Crippen LogP contribution in [0.2, 0.25) is 0 Å². The van der Waals surface area contributed by atoms with E-state index in [-0.39, 0.29) is 17.0 Å². The number of piperazine rings is 1. The number of nitrogens with one attached hydrogen (secondary N) is 1. The van der Waals surface area contributed by atoms with Gasteiger partial charge in [0.2, 0.25) is 0 Å². The summed E-state index contributed by atoms with van der Waals surface area (Å²) in [6, 6.07) is 6.39. The first-order chi connectivity index (χ1) is 15.4. The van der Waals surface area contributed by atoms with E-state index >= 15 is 0 Å². The number of hydrogen-bond donors (Lipinski definition) is 1. The summed E-state index contributed by atoms with van der Waals surface area (Å²) in [5, 5.41) is 2.87. The summed E-state index contributed by atoms with van der Waals surface area (Å²) in [6.45, 7) is 7.75. The molecule has 1 amide bonds. The van der Waals surface area contributed by atoms with Crippen molar-refractivity contribution in [3.63, 3.8) is 0 Å². The van der Waals surface area contributed by atoms with Gasteiger partial charge in [-0.3, -0.25) is 14.7 Å². The Labute approximate surface area is 185 Å². The van der Waals surface area contributed by atoms with E-state index in [0.717, 1.165) is 19.6 Å². The van der Waals surface area contributed by atoms with Gasteiger partial charge < -0.3 is 9.80 Å². The average Bonchev–Trinajstić information content (AvgIpc) is 3.21. The van der Waals surface area contributed by atoms with Crippen LogP contribution in [0.1, 0.15) is 28.4 Å². The van der Waals surface area contributed by atoms with E-state index in [0.29, 0.717) is 41.2 Å². The zero-order valence-electron chi connectivity index (χ0n) is 18.1. The summed E-state index contributed by atoms with van der Waals surface area (Å²) in [6.07, 6.45) is 8.30. The van der Waals surface area contributed by atoms with Crippen molar-refractivity contribution in [1.82, 2.24) is 24.6 Å². The molecule has 0 saturated carbocycles. The quantitative estimate of drug-likeness (QED) is 0.642. The number of nitrogens with zero attached hydrogens (tertiary/aromatic N) is 4. The number of amides is 1. The Morgan fingerprint density at radius 2 is 1.94 bits per heavy atom. The first-order valence-electron chi connectivity index (χ1n) is 10.5. The predicted octanol–water partition coefficient (Wildman–Crippen LogP) is 2.43. The Balaban J connectivity index is 1.57. The maximum absolute atomic E-state index is 14.4. The number of likely N-dealkylation sites (N-methyl/N-ethyl adjacent to an activating group) is 1. The van der Waals surface area contributed by atoms with Crippen LogP contribution in [-0.4, -0.2) is 63.2 Å². The lowest BCUT2D eigenvalue weighted by atomic mass is 10.00. The van der Waals surface area contributed by atoms with E-state index in [1.165, 1.54) is 23.1 Å². The Kier molecular flexibility index (Phi) is 5.93. The molecular formula is C24H24FN5O2. The molecule has 2 aromatic heterocycles. The number of hydrogen-bond acceptors (Lipinski definition) is 4. The number of halogens is 1. The van der Waals surface area contributed by atoms with Gasteiger partial charge in [0.15, 0.2) is 5.82 Å². The van der Waals surface area contributed by atoms with E-state index in [1.54, 1.807) is 25.1 Å². The van der Waals surface area contributed by atoms with Crippen molar-refractivity contribution in [1.29, 1.82) is 0 Å². The minimum atomic E-state index is -0.516. The van der Waals surface area contributed by atoms with Crippen molar-refractivity contribution in [2.24, 2.45) is 0 Å². The minimum absolute atomic E-state index is 0.0703. The van der Waals surface area contributed by atoms with Crippen molar-refractivity contribution in [3.05, 3.63) is 69.5 Å². The first kappa shape index (κ1) is 21.5. The van der Waals surface area contributed by atoms with Gasteiger partial charge in [-0.05, 0) is 42.8 Å². The summed E-state index contributed by atoms with van der Waals surface area (Å²) in [5.74, 6) is 2.05. The zero-order chi connectivity index (χ0) is 22.8. The average molecular weight is 433 g/mol. The number of rotatable bonds is 4. The Morgan fingerprint density at radius 1 is 1.19 bits per heavy atom. The van der Waals surface area contributed by atoms with E-state index in [9.17, 15) is 14.0 Å². The number of aromatic amines is 1. The summed E-state index contributed by atoms with van der Waals surface area (Å²) < 4.78 is 15.7. The third-order valence-electron chi connectivity index (χ3n) is 5.93. The van der Waals surface area contributed by atoms with Crippen LogP contribution in [0, 0.1) is 25.1 Å². The maximum atomic E-state index is 14.4. The fourth-order valence-corrected chi connectivity index (χ4v) is 3.92. The van der Waals surface area contributed by atoms with Gasteiger partial charge in [-0.2, -0.15) is 0 Å². The molecule has 4 rings (SSSR count). The van der Waals surface area contributed by atoms with Crippen molar-refractivity contribution < 1.29 is 9.18 Å². The Bertz CT molecular complexity index is 1240. The van der Waals surface area contributed by atoms with Gasteiger partial charge in [0, 0.05) is 38.6 Å². The van der Waals surface area contributed by atoms with Crippen molar-refractivity contribution >= 4 is 5.91 Å². The number of carbonyl (C=O) groups excluding carboxylic acids is 1. The van der Waals surface area contributed by atoms with Crippen molar-refractivity contribution in [2.75, 3.05) is 32.7 Å². The highest BCUT2D eigenvalue weighted by molar-refractivity contribution is 5.94. The lowest BCUT2D eigenvalue weighted by Gasteiger charge is -2.34. The van der Waals surface area contributed by atoms with Crippen LogP contribution in [-0.2, 0) is 0 Å². The normalized spacial score (nSPS) is 14.4.